The van der Waals surface area contributed by atoms with E-state index >= 15 is 0 Å². The first-order chi connectivity index (χ1) is 12.1. The number of halogens is 1. The van der Waals surface area contributed by atoms with Gasteiger partial charge in [-0.3, -0.25) is 9.59 Å². The summed E-state index contributed by atoms with van der Waals surface area (Å²) in [6.45, 7) is 0.855. The monoisotopic (exact) mass is 358 g/mol. The Hall–Kier alpha value is -2.53. The van der Waals surface area contributed by atoms with E-state index in [9.17, 15) is 9.59 Å². The van der Waals surface area contributed by atoms with Crippen LogP contribution in [0, 0.1) is 0 Å². The van der Waals surface area contributed by atoms with E-state index in [0.717, 1.165) is 17.7 Å². The number of hydrogen-bond donors (Lipinski definition) is 2. The highest BCUT2D eigenvalue weighted by Crippen LogP contribution is 2.31. The van der Waals surface area contributed by atoms with Crippen LogP contribution in [0.15, 0.2) is 48.5 Å². The number of nitrogens with one attached hydrogen (secondary N) is 2. The predicted molar refractivity (Wildman–Crippen MR) is 95.8 cm³/mol. The van der Waals surface area contributed by atoms with Gasteiger partial charge < -0.3 is 15.4 Å². The summed E-state index contributed by atoms with van der Waals surface area (Å²) < 4.78 is 5.59. The van der Waals surface area contributed by atoms with Crippen molar-refractivity contribution in [2.24, 2.45) is 0 Å². The van der Waals surface area contributed by atoms with Gasteiger partial charge in [0.2, 0.25) is 5.91 Å². The highest BCUT2D eigenvalue weighted by Gasteiger charge is 2.22. The molecule has 1 aliphatic rings. The second-order valence-corrected chi connectivity index (χ2v) is 6.24. The lowest BCUT2D eigenvalue weighted by molar-refractivity contribution is -0.121. The maximum Gasteiger partial charge on any atom is 0.251 e. The van der Waals surface area contributed by atoms with Gasteiger partial charge >= 0.3 is 0 Å². The van der Waals surface area contributed by atoms with Crippen molar-refractivity contribution >= 4 is 23.4 Å². The van der Waals surface area contributed by atoms with Gasteiger partial charge in [0.25, 0.3) is 5.91 Å². The van der Waals surface area contributed by atoms with E-state index in [1.807, 2.05) is 24.3 Å². The summed E-state index contributed by atoms with van der Waals surface area (Å²) in [5.74, 6) is 0.495. The standard InChI is InChI=1S/C19H19ClN2O3/c20-14-7-5-13(6-8-14)19(24)21-11-9-18(23)22-16-10-12-25-17-4-2-1-3-15(16)17/h1-8,16H,9-12H2,(H,21,24)(H,22,23). The molecule has 0 saturated carbocycles. The van der Waals surface area contributed by atoms with Crippen molar-refractivity contribution in [2.75, 3.05) is 13.2 Å². The van der Waals surface area contributed by atoms with Crippen LogP contribution in [0.1, 0.15) is 34.8 Å². The molecule has 0 spiro atoms. The molecule has 3 rings (SSSR count). The van der Waals surface area contributed by atoms with Gasteiger partial charge in [-0.05, 0) is 30.3 Å². The molecule has 2 N–H and O–H groups in total. The quantitative estimate of drug-likeness (QED) is 0.863. The Labute approximate surface area is 151 Å². The Morgan fingerprint density at radius 3 is 2.68 bits per heavy atom. The van der Waals surface area contributed by atoms with Crippen molar-refractivity contribution in [1.29, 1.82) is 0 Å². The highest BCUT2D eigenvalue weighted by molar-refractivity contribution is 6.30. The summed E-state index contributed by atoms with van der Waals surface area (Å²) in [7, 11) is 0. The van der Waals surface area contributed by atoms with Crippen LogP contribution >= 0.6 is 11.6 Å². The minimum Gasteiger partial charge on any atom is -0.493 e. The van der Waals surface area contributed by atoms with Gasteiger partial charge in [0.05, 0.1) is 12.6 Å². The number of carbonyl (C=O) groups excluding carboxylic acids is 2. The van der Waals surface area contributed by atoms with Crippen LogP contribution in [0.3, 0.4) is 0 Å². The fraction of sp³-hybridized carbons (Fsp3) is 0.263. The fourth-order valence-corrected chi connectivity index (χ4v) is 2.88. The molecule has 2 aromatic rings. The smallest absolute Gasteiger partial charge is 0.251 e. The Morgan fingerprint density at radius 2 is 1.88 bits per heavy atom. The Bertz CT molecular complexity index is 762. The van der Waals surface area contributed by atoms with Crippen molar-refractivity contribution in [3.8, 4) is 5.75 Å². The lowest BCUT2D eigenvalue weighted by atomic mass is 10.0. The molecule has 5 nitrogen and oxygen atoms in total. The Balaban J connectivity index is 1.47. The number of hydrogen-bond acceptors (Lipinski definition) is 3. The van der Waals surface area contributed by atoms with Gasteiger partial charge in [0.15, 0.2) is 0 Å². The Morgan fingerprint density at radius 1 is 1.12 bits per heavy atom. The topological polar surface area (TPSA) is 67.4 Å². The number of ether oxygens (including phenoxy) is 1. The average molecular weight is 359 g/mol. The maximum absolute atomic E-state index is 12.2. The molecule has 1 atom stereocenters. The molecule has 130 valence electrons. The third-order valence-electron chi connectivity index (χ3n) is 4.04. The molecular weight excluding hydrogens is 340 g/mol. The van der Waals surface area contributed by atoms with Crippen molar-refractivity contribution in [3.05, 3.63) is 64.7 Å². The first kappa shape index (κ1) is 17.3. The molecule has 0 aliphatic carbocycles. The number of rotatable bonds is 5. The van der Waals surface area contributed by atoms with E-state index in [4.69, 9.17) is 16.3 Å². The van der Waals surface area contributed by atoms with Crippen molar-refractivity contribution < 1.29 is 14.3 Å². The molecule has 0 saturated heterocycles. The van der Waals surface area contributed by atoms with Crippen LogP contribution < -0.4 is 15.4 Å². The average Bonchev–Trinajstić information content (AvgIpc) is 2.62. The number of benzene rings is 2. The molecule has 0 bridgehead atoms. The molecule has 6 heteroatoms. The molecule has 0 aromatic heterocycles. The van der Waals surface area contributed by atoms with Crippen LogP contribution in [-0.2, 0) is 4.79 Å². The molecule has 2 amide bonds. The van der Waals surface area contributed by atoms with Crippen LogP contribution in [0.25, 0.3) is 0 Å². The highest BCUT2D eigenvalue weighted by atomic mass is 35.5. The second kappa shape index (κ2) is 8.03. The van der Waals surface area contributed by atoms with Gasteiger partial charge in [-0.1, -0.05) is 29.8 Å². The molecular formula is C19H19ClN2O3. The fourth-order valence-electron chi connectivity index (χ4n) is 2.75. The largest absolute Gasteiger partial charge is 0.493 e. The summed E-state index contributed by atoms with van der Waals surface area (Å²) in [5.41, 5.74) is 1.51. The van der Waals surface area contributed by atoms with E-state index in [1.54, 1.807) is 24.3 Å². The van der Waals surface area contributed by atoms with E-state index in [0.29, 0.717) is 17.2 Å². The van der Waals surface area contributed by atoms with Gasteiger partial charge in [0.1, 0.15) is 5.75 Å². The Kier molecular flexibility index (Phi) is 5.56. The minimum absolute atomic E-state index is 0.0515. The zero-order valence-corrected chi connectivity index (χ0v) is 14.4. The van der Waals surface area contributed by atoms with E-state index in [1.165, 1.54) is 0 Å². The summed E-state index contributed by atoms with van der Waals surface area (Å²) in [6, 6.07) is 14.3. The number of fused-ring (bicyclic) bond motifs is 1. The first-order valence-electron chi connectivity index (χ1n) is 8.18. The summed E-state index contributed by atoms with van der Waals surface area (Å²) in [6.07, 6.45) is 0.957. The lowest BCUT2D eigenvalue weighted by Gasteiger charge is -2.26. The lowest BCUT2D eigenvalue weighted by Crippen LogP contribution is -2.34. The molecule has 1 unspecified atom stereocenters. The van der Waals surface area contributed by atoms with Gasteiger partial charge in [-0.15, -0.1) is 0 Å². The molecule has 0 fully saturated rings. The molecule has 2 aromatic carbocycles. The zero-order chi connectivity index (χ0) is 17.6. The predicted octanol–water partition coefficient (Wildman–Crippen LogP) is 3.10. The SMILES string of the molecule is O=C(CCNC(=O)c1ccc(Cl)cc1)NC1CCOc2ccccc21. The third-order valence-corrected chi connectivity index (χ3v) is 4.29. The van der Waals surface area contributed by atoms with Crippen LogP contribution in [0.4, 0.5) is 0 Å². The maximum atomic E-state index is 12.2. The van der Waals surface area contributed by atoms with E-state index in [2.05, 4.69) is 10.6 Å². The normalized spacial score (nSPS) is 15.6. The molecule has 25 heavy (non-hydrogen) atoms. The minimum atomic E-state index is -0.221. The third kappa shape index (κ3) is 4.51. The van der Waals surface area contributed by atoms with Gasteiger partial charge in [-0.25, -0.2) is 0 Å². The van der Waals surface area contributed by atoms with Gasteiger partial charge in [-0.2, -0.15) is 0 Å². The van der Waals surface area contributed by atoms with E-state index in [-0.39, 0.29) is 30.8 Å². The summed E-state index contributed by atoms with van der Waals surface area (Å²) in [5, 5.41) is 6.32. The zero-order valence-electron chi connectivity index (χ0n) is 13.6. The van der Waals surface area contributed by atoms with Gasteiger partial charge in [0, 0.05) is 35.5 Å². The first-order valence-corrected chi connectivity index (χ1v) is 8.56. The van der Waals surface area contributed by atoms with Crippen molar-refractivity contribution in [1.82, 2.24) is 10.6 Å². The van der Waals surface area contributed by atoms with Crippen LogP contribution in [0.5, 0.6) is 5.75 Å². The molecule has 0 radical (unpaired) electrons. The second-order valence-electron chi connectivity index (χ2n) is 5.81. The molecule has 1 heterocycles. The number of carbonyl (C=O) groups is 2. The summed E-state index contributed by atoms with van der Waals surface area (Å²) >= 11 is 5.80. The van der Waals surface area contributed by atoms with Crippen LogP contribution in [-0.4, -0.2) is 25.0 Å². The van der Waals surface area contributed by atoms with Crippen molar-refractivity contribution in [3.63, 3.8) is 0 Å². The van der Waals surface area contributed by atoms with Crippen molar-refractivity contribution in [2.45, 2.75) is 18.9 Å². The van der Waals surface area contributed by atoms with Crippen LogP contribution in [0.2, 0.25) is 5.02 Å². The number of para-hydroxylation sites is 1. The number of amides is 2. The molecule has 1 aliphatic heterocycles. The van der Waals surface area contributed by atoms with E-state index < -0.39 is 0 Å². The summed E-state index contributed by atoms with van der Waals surface area (Å²) in [4.78, 5) is 24.2.